The first-order valence-corrected chi connectivity index (χ1v) is 21.6. The molecule has 1 amide bonds. The van der Waals surface area contributed by atoms with Crippen LogP contribution in [0.3, 0.4) is 0 Å². The highest BCUT2D eigenvalue weighted by molar-refractivity contribution is 5.77. The minimum Gasteiger partial charge on any atom is -0.461 e. The molecule has 6 nitrogen and oxygen atoms in total. The number of carbonyl (C=O) groups is 2. The van der Waals surface area contributed by atoms with Crippen LogP contribution in [0.25, 0.3) is 0 Å². The van der Waals surface area contributed by atoms with Gasteiger partial charge in [0.05, 0.1) is 25.2 Å². The quantitative estimate of drug-likeness (QED) is 0.0337. The van der Waals surface area contributed by atoms with Crippen molar-refractivity contribution in [2.75, 3.05) is 6.61 Å². The van der Waals surface area contributed by atoms with E-state index in [-0.39, 0.29) is 24.9 Å². The highest BCUT2D eigenvalue weighted by Crippen LogP contribution is 2.15. The second kappa shape index (κ2) is 41.0. The number of amides is 1. The molecule has 0 aromatic carbocycles. The molecule has 3 N–H and O–H groups in total. The Bertz CT molecular complexity index is 1110. The summed E-state index contributed by atoms with van der Waals surface area (Å²) >= 11 is 0. The van der Waals surface area contributed by atoms with Crippen molar-refractivity contribution in [1.82, 2.24) is 5.32 Å². The van der Waals surface area contributed by atoms with E-state index in [0.29, 0.717) is 19.3 Å². The second-order valence-corrected chi connectivity index (χ2v) is 14.2. The SMILES string of the molecule is CC/C=C/C=C/C=C\C=C/C=C/CC(CC(=O)NC(CO)C(O)CCCCCCCCCCCCC)OC(=O)CCCCCCC\C=C/C=C/C=C/CC. The third kappa shape index (κ3) is 35.8. The lowest BCUT2D eigenvalue weighted by Crippen LogP contribution is -2.46. The molecule has 0 heterocycles. The monoisotopic (exact) mass is 750 g/mol. The van der Waals surface area contributed by atoms with Gasteiger partial charge in [0, 0.05) is 12.8 Å². The summed E-state index contributed by atoms with van der Waals surface area (Å²) in [5.41, 5.74) is 0. The summed E-state index contributed by atoms with van der Waals surface area (Å²) in [6.07, 6.45) is 53.5. The number of esters is 1. The molecule has 0 rings (SSSR count). The zero-order valence-corrected chi connectivity index (χ0v) is 34.6. The summed E-state index contributed by atoms with van der Waals surface area (Å²) in [6.45, 7) is 6.12. The van der Waals surface area contributed by atoms with E-state index in [9.17, 15) is 19.8 Å². The smallest absolute Gasteiger partial charge is 0.306 e. The Labute approximate surface area is 331 Å². The van der Waals surface area contributed by atoms with Gasteiger partial charge in [0.2, 0.25) is 5.91 Å². The molecule has 3 atom stereocenters. The minimum atomic E-state index is -0.824. The van der Waals surface area contributed by atoms with E-state index in [1.165, 1.54) is 51.4 Å². The summed E-state index contributed by atoms with van der Waals surface area (Å²) in [5.74, 6) is -0.645. The molecule has 3 unspecified atom stereocenters. The lowest BCUT2D eigenvalue weighted by Gasteiger charge is -2.24. The van der Waals surface area contributed by atoms with E-state index >= 15 is 0 Å². The fourth-order valence-electron chi connectivity index (χ4n) is 5.86. The Morgan fingerprint density at radius 1 is 0.574 bits per heavy atom. The number of nitrogens with one attached hydrogen (secondary N) is 1. The van der Waals surface area contributed by atoms with Crippen LogP contribution < -0.4 is 5.32 Å². The van der Waals surface area contributed by atoms with Gasteiger partial charge in [-0.25, -0.2) is 0 Å². The molecule has 0 aromatic heterocycles. The zero-order valence-electron chi connectivity index (χ0n) is 34.6. The maximum atomic E-state index is 13.1. The number of unbranched alkanes of at least 4 members (excludes halogenated alkanes) is 15. The standard InChI is InChI=1S/C48H79NO5/c1-4-7-10-13-16-19-22-23-26-29-32-35-38-41-48(53)54-44(39-36-33-30-27-24-20-17-14-11-8-5-2)42-47(52)49-45(43-50)46(51)40-37-34-31-28-25-21-18-15-12-9-6-3/h7-8,10-11,13-14,16-17,19-20,22,24,27,30,33,36,44-46,50-51H,4-6,9,12,15,18,21,23,25-26,28-29,31-32,34-35,37-43H2,1-3H3,(H,49,52)/b10-7+,11-8+,16-13+,17-14+,22-19-,24-20-,30-27-,36-33+. The van der Waals surface area contributed by atoms with E-state index in [4.69, 9.17) is 4.74 Å². The average Bonchev–Trinajstić information content (AvgIpc) is 3.16. The molecule has 0 fully saturated rings. The number of carbonyl (C=O) groups excluding carboxylic acids is 2. The summed E-state index contributed by atoms with van der Waals surface area (Å²) in [5, 5.41) is 23.5. The van der Waals surface area contributed by atoms with E-state index in [1.54, 1.807) is 0 Å². The van der Waals surface area contributed by atoms with Crippen molar-refractivity contribution in [1.29, 1.82) is 0 Å². The van der Waals surface area contributed by atoms with Crippen molar-refractivity contribution < 1.29 is 24.5 Å². The van der Waals surface area contributed by atoms with Crippen molar-refractivity contribution in [3.63, 3.8) is 0 Å². The largest absolute Gasteiger partial charge is 0.461 e. The van der Waals surface area contributed by atoms with Gasteiger partial charge in [-0.15, -0.1) is 0 Å². The molecule has 0 saturated carbocycles. The topological polar surface area (TPSA) is 95.9 Å². The number of hydrogen-bond acceptors (Lipinski definition) is 5. The average molecular weight is 750 g/mol. The molecular formula is C48H79NO5. The third-order valence-electron chi connectivity index (χ3n) is 9.10. The van der Waals surface area contributed by atoms with E-state index < -0.39 is 18.2 Å². The molecule has 306 valence electrons. The number of hydrogen-bond donors (Lipinski definition) is 3. The van der Waals surface area contributed by atoms with Crippen molar-refractivity contribution in [2.24, 2.45) is 0 Å². The van der Waals surface area contributed by atoms with Crippen LogP contribution in [0.4, 0.5) is 0 Å². The van der Waals surface area contributed by atoms with Crippen molar-refractivity contribution in [2.45, 2.75) is 187 Å². The van der Waals surface area contributed by atoms with Gasteiger partial charge < -0.3 is 20.3 Å². The van der Waals surface area contributed by atoms with Crippen molar-refractivity contribution in [3.8, 4) is 0 Å². The fraction of sp³-hybridized carbons (Fsp3) is 0.625. The summed E-state index contributed by atoms with van der Waals surface area (Å²) in [4.78, 5) is 25.9. The van der Waals surface area contributed by atoms with Gasteiger partial charge in [0.15, 0.2) is 0 Å². The molecular weight excluding hydrogens is 671 g/mol. The van der Waals surface area contributed by atoms with Crippen LogP contribution in [0.15, 0.2) is 97.2 Å². The number of ether oxygens (including phenoxy) is 1. The van der Waals surface area contributed by atoms with Crippen LogP contribution in [0.5, 0.6) is 0 Å². The van der Waals surface area contributed by atoms with Gasteiger partial charge in [-0.2, -0.15) is 0 Å². The number of aliphatic hydroxyl groups excluding tert-OH is 2. The Hall–Kier alpha value is -3.22. The van der Waals surface area contributed by atoms with Gasteiger partial charge in [-0.3, -0.25) is 9.59 Å². The molecule has 0 aliphatic rings. The Morgan fingerprint density at radius 3 is 1.57 bits per heavy atom. The van der Waals surface area contributed by atoms with Gasteiger partial charge in [0.1, 0.15) is 6.10 Å². The third-order valence-corrected chi connectivity index (χ3v) is 9.10. The van der Waals surface area contributed by atoms with Crippen molar-refractivity contribution in [3.05, 3.63) is 97.2 Å². The molecule has 0 aromatic rings. The number of rotatable bonds is 36. The lowest BCUT2D eigenvalue weighted by molar-refractivity contribution is -0.150. The Morgan fingerprint density at radius 2 is 1.04 bits per heavy atom. The first-order valence-electron chi connectivity index (χ1n) is 21.6. The molecule has 0 aliphatic carbocycles. The summed E-state index contributed by atoms with van der Waals surface area (Å²) in [7, 11) is 0. The van der Waals surface area contributed by atoms with Crippen LogP contribution in [-0.4, -0.2) is 46.9 Å². The molecule has 6 heteroatoms. The van der Waals surface area contributed by atoms with E-state index in [1.807, 2.05) is 60.8 Å². The van der Waals surface area contributed by atoms with Gasteiger partial charge in [-0.1, -0.05) is 208 Å². The minimum absolute atomic E-state index is 0.0327. The van der Waals surface area contributed by atoms with Crippen LogP contribution in [-0.2, 0) is 14.3 Å². The number of allylic oxidation sites excluding steroid dienone is 15. The van der Waals surface area contributed by atoms with Gasteiger partial charge >= 0.3 is 5.97 Å². The van der Waals surface area contributed by atoms with Crippen LogP contribution in [0.2, 0.25) is 0 Å². The Kier molecular flexibility index (Phi) is 38.5. The summed E-state index contributed by atoms with van der Waals surface area (Å²) < 4.78 is 5.79. The normalized spacial score (nSPS) is 14.4. The molecule has 0 aliphatic heterocycles. The zero-order chi connectivity index (χ0) is 39.6. The molecule has 0 spiro atoms. The predicted octanol–water partition coefficient (Wildman–Crippen LogP) is 12.2. The van der Waals surface area contributed by atoms with Crippen LogP contribution in [0.1, 0.15) is 168 Å². The molecule has 0 radical (unpaired) electrons. The van der Waals surface area contributed by atoms with Crippen LogP contribution >= 0.6 is 0 Å². The van der Waals surface area contributed by atoms with Gasteiger partial charge in [0.25, 0.3) is 0 Å². The first kappa shape index (κ1) is 50.8. The van der Waals surface area contributed by atoms with E-state index in [2.05, 4.69) is 62.5 Å². The first-order chi connectivity index (χ1) is 26.5. The lowest BCUT2D eigenvalue weighted by atomic mass is 10.0. The molecule has 0 saturated heterocycles. The predicted molar refractivity (Wildman–Crippen MR) is 231 cm³/mol. The van der Waals surface area contributed by atoms with Crippen molar-refractivity contribution >= 4 is 11.9 Å². The fourth-order valence-corrected chi connectivity index (χ4v) is 5.86. The highest BCUT2D eigenvalue weighted by atomic mass is 16.5. The Balaban J connectivity index is 4.80. The molecule has 54 heavy (non-hydrogen) atoms. The van der Waals surface area contributed by atoms with Crippen LogP contribution in [0, 0.1) is 0 Å². The second-order valence-electron chi connectivity index (χ2n) is 14.2. The summed E-state index contributed by atoms with van der Waals surface area (Å²) in [6, 6.07) is -0.747. The highest BCUT2D eigenvalue weighted by Gasteiger charge is 2.23. The van der Waals surface area contributed by atoms with Gasteiger partial charge in [-0.05, 0) is 38.5 Å². The van der Waals surface area contributed by atoms with E-state index in [0.717, 1.165) is 70.6 Å². The maximum Gasteiger partial charge on any atom is 0.306 e. The number of aliphatic hydroxyl groups is 2. The molecule has 0 bridgehead atoms. The maximum absolute atomic E-state index is 13.1.